The molecule has 154 valence electrons. The van der Waals surface area contributed by atoms with Crippen molar-refractivity contribution in [1.29, 1.82) is 0 Å². The van der Waals surface area contributed by atoms with E-state index < -0.39 is 0 Å². The van der Waals surface area contributed by atoms with Gasteiger partial charge in [-0.25, -0.2) is 0 Å². The van der Waals surface area contributed by atoms with Crippen LogP contribution in [0.25, 0.3) is 0 Å². The lowest BCUT2D eigenvalue weighted by Gasteiger charge is -2.43. The summed E-state index contributed by atoms with van der Waals surface area (Å²) in [4.78, 5) is 25.8. The summed E-state index contributed by atoms with van der Waals surface area (Å²) in [6.07, 6.45) is 6.91. The fraction of sp³-hybridized carbons (Fsp3) is 0.476. The molecule has 0 bridgehead atoms. The van der Waals surface area contributed by atoms with Gasteiger partial charge in [0, 0.05) is 51.0 Å². The molecule has 8 heteroatoms. The first-order chi connectivity index (χ1) is 14.3. The number of nitrogens with zero attached hydrogens (tertiary/aromatic N) is 4. The second kappa shape index (κ2) is 9.78. The minimum Gasteiger partial charge on any atom is -0.379 e. The van der Waals surface area contributed by atoms with Crippen LogP contribution in [0, 0.1) is 0 Å². The molecule has 0 spiro atoms. The first-order valence-corrected chi connectivity index (χ1v) is 10.1. The molecule has 29 heavy (non-hydrogen) atoms. The third-order valence-corrected chi connectivity index (χ3v) is 5.35. The number of amides is 1. The maximum Gasteiger partial charge on any atom is 0.242 e. The van der Waals surface area contributed by atoms with E-state index in [2.05, 4.69) is 20.2 Å². The fourth-order valence-electron chi connectivity index (χ4n) is 3.90. The molecule has 0 radical (unpaired) electrons. The molecule has 0 aliphatic carbocycles. The zero-order valence-corrected chi connectivity index (χ0v) is 16.4. The third-order valence-electron chi connectivity index (χ3n) is 5.35. The molecule has 1 amide bonds. The first-order valence-electron chi connectivity index (χ1n) is 10.1. The summed E-state index contributed by atoms with van der Waals surface area (Å²) in [5.74, 6) is 0.0398. The Hall–Kier alpha value is -2.55. The van der Waals surface area contributed by atoms with Crippen LogP contribution in [-0.2, 0) is 14.3 Å². The van der Waals surface area contributed by atoms with E-state index in [-0.39, 0.29) is 24.6 Å². The smallest absolute Gasteiger partial charge is 0.242 e. The van der Waals surface area contributed by atoms with Crippen molar-refractivity contribution in [2.24, 2.45) is 0 Å². The molecular weight excluding hydrogens is 370 g/mol. The number of carbonyl (C=O) groups is 1. The number of anilines is 1. The minimum atomic E-state index is -0.163. The molecule has 4 rings (SSSR count). The van der Waals surface area contributed by atoms with Crippen LogP contribution in [0.5, 0.6) is 0 Å². The van der Waals surface area contributed by atoms with Crippen LogP contribution in [-0.4, -0.2) is 84.3 Å². The van der Waals surface area contributed by atoms with Gasteiger partial charge in [0.05, 0.1) is 44.2 Å². The Morgan fingerprint density at radius 2 is 1.86 bits per heavy atom. The molecule has 0 unspecified atom stereocenters. The minimum absolute atomic E-state index is 0.0398. The lowest BCUT2D eigenvalue weighted by molar-refractivity contribution is -0.147. The summed E-state index contributed by atoms with van der Waals surface area (Å²) in [5, 5.41) is 3.17. The van der Waals surface area contributed by atoms with Gasteiger partial charge in [0.2, 0.25) is 5.91 Å². The topological polar surface area (TPSA) is 79.8 Å². The Bertz CT molecular complexity index is 770. The van der Waals surface area contributed by atoms with E-state index >= 15 is 0 Å². The molecule has 2 aromatic heterocycles. The normalized spacial score (nSPS) is 23.0. The zero-order chi connectivity index (χ0) is 19.9. The lowest BCUT2D eigenvalue weighted by Crippen LogP contribution is -2.54. The number of hydrogen-bond donors (Lipinski definition) is 1. The molecular formula is C21H27N5O3. The first kappa shape index (κ1) is 19.8. The molecule has 4 heterocycles. The van der Waals surface area contributed by atoms with Gasteiger partial charge < -0.3 is 19.7 Å². The number of carbonyl (C=O) groups excluding carboxylic acids is 1. The van der Waals surface area contributed by atoms with Gasteiger partial charge >= 0.3 is 0 Å². The van der Waals surface area contributed by atoms with Gasteiger partial charge in [-0.05, 0) is 23.8 Å². The van der Waals surface area contributed by atoms with Crippen molar-refractivity contribution >= 4 is 11.6 Å². The number of pyridine rings is 2. The second-order valence-corrected chi connectivity index (χ2v) is 7.24. The van der Waals surface area contributed by atoms with Gasteiger partial charge in [-0.1, -0.05) is 6.07 Å². The monoisotopic (exact) mass is 397 g/mol. The molecule has 2 saturated heterocycles. The third kappa shape index (κ3) is 5.09. The van der Waals surface area contributed by atoms with Crippen LogP contribution < -0.4 is 5.32 Å². The van der Waals surface area contributed by atoms with E-state index in [1.165, 1.54) is 0 Å². The Kier molecular flexibility index (Phi) is 6.66. The number of ether oxygens (including phenoxy) is 2. The Morgan fingerprint density at radius 3 is 2.59 bits per heavy atom. The van der Waals surface area contributed by atoms with Crippen LogP contribution >= 0.6 is 0 Å². The average molecular weight is 397 g/mol. The van der Waals surface area contributed by atoms with E-state index in [0.717, 1.165) is 44.1 Å². The average Bonchev–Trinajstić information content (AvgIpc) is 2.79. The van der Waals surface area contributed by atoms with Crippen molar-refractivity contribution in [3.8, 4) is 0 Å². The maximum atomic E-state index is 13.1. The van der Waals surface area contributed by atoms with Crippen molar-refractivity contribution in [3.05, 3.63) is 54.6 Å². The Labute approximate surface area is 170 Å². The highest BCUT2D eigenvalue weighted by atomic mass is 16.5. The predicted octanol–water partition coefficient (Wildman–Crippen LogP) is 1.19. The van der Waals surface area contributed by atoms with E-state index in [0.29, 0.717) is 13.2 Å². The van der Waals surface area contributed by atoms with Crippen molar-refractivity contribution in [3.63, 3.8) is 0 Å². The fourth-order valence-corrected chi connectivity index (χ4v) is 3.90. The SMILES string of the molecule is O=C(CNc1cccnc1)N1CCO[C@@H](CN2CCOCC2)[C@@H]1c1cccnc1. The molecule has 2 atom stereocenters. The van der Waals surface area contributed by atoms with Gasteiger partial charge in [0.25, 0.3) is 0 Å². The molecule has 1 N–H and O–H groups in total. The van der Waals surface area contributed by atoms with Crippen molar-refractivity contribution < 1.29 is 14.3 Å². The number of morpholine rings is 2. The van der Waals surface area contributed by atoms with Crippen molar-refractivity contribution in [2.75, 3.05) is 57.9 Å². The summed E-state index contributed by atoms with van der Waals surface area (Å²) < 4.78 is 11.6. The Balaban J connectivity index is 1.49. The molecule has 2 aromatic rings. The van der Waals surface area contributed by atoms with Crippen LogP contribution in [0.4, 0.5) is 5.69 Å². The summed E-state index contributed by atoms with van der Waals surface area (Å²) in [5.41, 5.74) is 1.83. The standard InChI is InChI=1S/C21H27N5O3/c27-20(15-24-18-4-2-6-23-14-18)26-9-12-29-19(16-25-7-10-28-11-8-25)21(26)17-3-1-5-22-13-17/h1-6,13-14,19,21,24H,7-12,15-16H2/t19-,21-/m0/s1. The summed E-state index contributed by atoms with van der Waals surface area (Å²) in [6.45, 7) is 5.32. The lowest BCUT2D eigenvalue weighted by atomic mass is 9.98. The highest BCUT2D eigenvalue weighted by molar-refractivity contribution is 5.81. The van der Waals surface area contributed by atoms with Gasteiger partial charge in [0.15, 0.2) is 0 Å². The van der Waals surface area contributed by atoms with E-state index in [9.17, 15) is 4.79 Å². The molecule has 0 aromatic carbocycles. The molecule has 2 aliphatic rings. The van der Waals surface area contributed by atoms with Crippen LogP contribution in [0.3, 0.4) is 0 Å². The summed E-state index contributed by atoms with van der Waals surface area (Å²) in [7, 11) is 0. The molecule has 2 aliphatic heterocycles. The molecule has 0 saturated carbocycles. The van der Waals surface area contributed by atoms with Gasteiger partial charge in [0.1, 0.15) is 0 Å². The van der Waals surface area contributed by atoms with E-state index in [1.54, 1.807) is 18.6 Å². The second-order valence-electron chi connectivity index (χ2n) is 7.24. The summed E-state index contributed by atoms with van der Waals surface area (Å²) in [6, 6.07) is 7.51. The molecule has 8 nitrogen and oxygen atoms in total. The number of aromatic nitrogens is 2. The Morgan fingerprint density at radius 1 is 1.07 bits per heavy atom. The van der Waals surface area contributed by atoms with Crippen molar-refractivity contribution in [1.82, 2.24) is 19.8 Å². The number of nitrogens with one attached hydrogen (secondary N) is 1. The van der Waals surface area contributed by atoms with Gasteiger partial charge in [-0.15, -0.1) is 0 Å². The van der Waals surface area contributed by atoms with Crippen LogP contribution in [0.15, 0.2) is 49.1 Å². The van der Waals surface area contributed by atoms with Crippen LogP contribution in [0.1, 0.15) is 11.6 Å². The molecule has 2 fully saturated rings. The van der Waals surface area contributed by atoms with Crippen molar-refractivity contribution in [2.45, 2.75) is 12.1 Å². The number of hydrogen-bond acceptors (Lipinski definition) is 7. The highest BCUT2D eigenvalue weighted by Gasteiger charge is 2.37. The van der Waals surface area contributed by atoms with E-state index in [4.69, 9.17) is 9.47 Å². The van der Waals surface area contributed by atoms with Gasteiger partial charge in [-0.3, -0.25) is 19.7 Å². The van der Waals surface area contributed by atoms with Crippen LogP contribution in [0.2, 0.25) is 0 Å². The quantitative estimate of drug-likeness (QED) is 0.784. The summed E-state index contributed by atoms with van der Waals surface area (Å²) >= 11 is 0. The maximum absolute atomic E-state index is 13.1. The van der Waals surface area contributed by atoms with Gasteiger partial charge in [-0.2, -0.15) is 0 Å². The zero-order valence-electron chi connectivity index (χ0n) is 16.4. The predicted molar refractivity (Wildman–Crippen MR) is 108 cm³/mol. The highest BCUT2D eigenvalue weighted by Crippen LogP contribution is 2.30. The van der Waals surface area contributed by atoms with E-state index in [1.807, 2.05) is 35.4 Å². The largest absolute Gasteiger partial charge is 0.379 e. The number of rotatable bonds is 6.